The first-order valence-electron chi connectivity index (χ1n) is 8.50. The largest absolute Gasteiger partial charge is 0.377 e. The van der Waals surface area contributed by atoms with Crippen molar-refractivity contribution in [1.29, 1.82) is 0 Å². The van der Waals surface area contributed by atoms with Crippen LogP contribution in [0.1, 0.15) is 36.0 Å². The van der Waals surface area contributed by atoms with Gasteiger partial charge in [0.25, 0.3) is 5.91 Å². The predicted molar refractivity (Wildman–Crippen MR) is 86.7 cm³/mol. The molecule has 1 aromatic rings. The number of benzene rings is 1. The fourth-order valence-corrected chi connectivity index (χ4v) is 3.71. The van der Waals surface area contributed by atoms with E-state index in [0.29, 0.717) is 37.6 Å². The van der Waals surface area contributed by atoms with Gasteiger partial charge in [0, 0.05) is 25.3 Å². The summed E-state index contributed by atoms with van der Waals surface area (Å²) in [6, 6.07) is 5.80. The normalized spacial score (nSPS) is 25.0. The lowest BCUT2D eigenvalue weighted by molar-refractivity contribution is -0.123. The molecule has 5 nitrogen and oxygen atoms in total. The smallest absolute Gasteiger partial charge is 0.253 e. The van der Waals surface area contributed by atoms with Crippen LogP contribution >= 0.6 is 0 Å². The van der Waals surface area contributed by atoms with Gasteiger partial charge in [0.1, 0.15) is 5.82 Å². The standard InChI is InChI=1S/C18H23FN2O3/c19-14-3-1-2-13(11-14)18(23)21-7-4-12(5-8-21)10-16-15(17(20)22)6-9-24-16/h1-3,11-12,15-16H,4-10H2,(H2,20,22)/t15-,16-/m1/s1. The number of hydrogen-bond donors (Lipinski definition) is 1. The molecule has 2 saturated heterocycles. The zero-order valence-corrected chi connectivity index (χ0v) is 13.6. The summed E-state index contributed by atoms with van der Waals surface area (Å²) in [5.74, 6) is -0.564. The summed E-state index contributed by atoms with van der Waals surface area (Å²) in [5.41, 5.74) is 5.82. The molecule has 1 aromatic carbocycles. The molecule has 3 rings (SSSR count). The molecule has 24 heavy (non-hydrogen) atoms. The van der Waals surface area contributed by atoms with Crippen molar-refractivity contribution < 1.29 is 18.7 Å². The summed E-state index contributed by atoms with van der Waals surface area (Å²) < 4.78 is 18.9. The second-order valence-corrected chi connectivity index (χ2v) is 6.69. The fourth-order valence-electron chi connectivity index (χ4n) is 3.71. The third-order valence-corrected chi connectivity index (χ3v) is 5.11. The molecule has 6 heteroatoms. The van der Waals surface area contributed by atoms with Gasteiger partial charge >= 0.3 is 0 Å². The summed E-state index contributed by atoms with van der Waals surface area (Å²) in [7, 11) is 0. The van der Waals surface area contributed by atoms with Gasteiger partial charge in [-0.15, -0.1) is 0 Å². The SMILES string of the molecule is NC(=O)[C@@H]1CCO[C@@H]1CC1CCN(C(=O)c2cccc(F)c2)CC1. The molecule has 2 atom stereocenters. The molecule has 2 heterocycles. The van der Waals surface area contributed by atoms with Crippen molar-refractivity contribution in [1.82, 2.24) is 4.90 Å². The quantitative estimate of drug-likeness (QED) is 0.915. The van der Waals surface area contributed by atoms with Gasteiger partial charge in [0.2, 0.25) is 5.91 Å². The Hall–Kier alpha value is -1.95. The van der Waals surface area contributed by atoms with Crippen LogP contribution in [0.4, 0.5) is 4.39 Å². The summed E-state index contributed by atoms with van der Waals surface area (Å²) in [6.07, 6.45) is 3.17. The summed E-state index contributed by atoms with van der Waals surface area (Å²) >= 11 is 0. The minimum atomic E-state index is -0.397. The molecule has 0 spiro atoms. The average Bonchev–Trinajstić information content (AvgIpc) is 3.03. The van der Waals surface area contributed by atoms with E-state index in [1.54, 1.807) is 17.0 Å². The molecule has 0 saturated carbocycles. The van der Waals surface area contributed by atoms with Crippen LogP contribution in [0.15, 0.2) is 24.3 Å². The molecule has 2 aliphatic heterocycles. The van der Waals surface area contributed by atoms with Crippen molar-refractivity contribution >= 4 is 11.8 Å². The molecule has 130 valence electrons. The van der Waals surface area contributed by atoms with E-state index in [9.17, 15) is 14.0 Å². The minimum absolute atomic E-state index is 0.0852. The van der Waals surface area contributed by atoms with Gasteiger partial charge in [0.05, 0.1) is 12.0 Å². The van der Waals surface area contributed by atoms with Crippen molar-refractivity contribution in [2.75, 3.05) is 19.7 Å². The van der Waals surface area contributed by atoms with Gasteiger partial charge in [-0.05, 0) is 49.8 Å². The van der Waals surface area contributed by atoms with Crippen molar-refractivity contribution in [3.05, 3.63) is 35.6 Å². The van der Waals surface area contributed by atoms with Gasteiger partial charge in [0.15, 0.2) is 0 Å². The summed E-state index contributed by atoms with van der Waals surface area (Å²) in [5, 5.41) is 0. The van der Waals surface area contributed by atoms with Crippen LogP contribution in [0.25, 0.3) is 0 Å². The zero-order valence-electron chi connectivity index (χ0n) is 13.6. The molecule has 0 aromatic heterocycles. The second kappa shape index (κ2) is 7.30. The van der Waals surface area contributed by atoms with Gasteiger partial charge in [-0.2, -0.15) is 0 Å². The highest BCUT2D eigenvalue weighted by Crippen LogP contribution is 2.31. The first kappa shape index (κ1) is 16.9. The zero-order chi connectivity index (χ0) is 17.1. The lowest BCUT2D eigenvalue weighted by Gasteiger charge is -2.33. The molecule has 0 radical (unpaired) electrons. The average molecular weight is 334 g/mol. The molecular weight excluding hydrogens is 311 g/mol. The van der Waals surface area contributed by atoms with Crippen LogP contribution in [-0.2, 0) is 9.53 Å². The number of carbonyl (C=O) groups is 2. The van der Waals surface area contributed by atoms with Crippen molar-refractivity contribution in [2.24, 2.45) is 17.6 Å². The highest BCUT2D eigenvalue weighted by Gasteiger charge is 2.35. The number of amides is 2. The van der Waals surface area contributed by atoms with Gasteiger partial charge in [-0.3, -0.25) is 9.59 Å². The highest BCUT2D eigenvalue weighted by molar-refractivity contribution is 5.94. The number of rotatable bonds is 4. The maximum Gasteiger partial charge on any atom is 0.253 e. The second-order valence-electron chi connectivity index (χ2n) is 6.69. The fraction of sp³-hybridized carbons (Fsp3) is 0.556. The Morgan fingerprint density at radius 3 is 2.67 bits per heavy atom. The Kier molecular flexibility index (Phi) is 5.14. The monoisotopic (exact) mass is 334 g/mol. The number of ether oxygens (including phenoxy) is 1. The maximum absolute atomic E-state index is 13.3. The van der Waals surface area contributed by atoms with Crippen molar-refractivity contribution in [3.63, 3.8) is 0 Å². The lowest BCUT2D eigenvalue weighted by atomic mass is 9.86. The van der Waals surface area contributed by atoms with Crippen LogP contribution in [-0.4, -0.2) is 42.5 Å². The van der Waals surface area contributed by atoms with E-state index >= 15 is 0 Å². The number of carbonyl (C=O) groups excluding carboxylic acids is 2. The van der Waals surface area contributed by atoms with Crippen LogP contribution in [0.5, 0.6) is 0 Å². The Bertz CT molecular complexity index is 614. The van der Waals surface area contributed by atoms with Crippen LogP contribution in [0, 0.1) is 17.7 Å². The van der Waals surface area contributed by atoms with Crippen LogP contribution in [0.2, 0.25) is 0 Å². The Labute approximate surface area is 141 Å². The molecule has 0 aliphatic carbocycles. The van der Waals surface area contributed by atoms with Crippen molar-refractivity contribution in [2.45, 2.75) is 31.8 Å². The first-order valence-corrected chi connectivity index (χ1v) is 8.50. The van der Waals surface area contributed by atoms with E-state index in [0.717, 1.165) is 19.3 Å². The molecule has 2 amide bonds. The summed E-state index contributed by atoms with van der Waals surface area (Å²) in [6.45, 7) is 1.89. The van der Waals surface area contributed by atoms with Gasteiger partial charge in [-0.1, -0.05) is 6.07 Å². The molecule has 2 N–H and O–H groups in total. The topological polar surface area (TPSA) is 72.6 Å². The summed E-state index contributed by atoms with van der Waals surface area (Å²) in [4.78, 5) is 25.6. The Balaban J connectivity index is 1.52. The molecule has 2 fully saturated rings. The van der Waals surface area contributed by atoms with E-state index in [2.05, 4.69) is 0 Å². The predicted octanol–water partition coefficient (Wildman–Crippen LogP) is 1.96. The van der Waals surface area contributed by atoms with E-state index in [-0.39, 0.29) is 23.8 Å². The molecule has 2 aliphatic rings. The molecular formula is C18H23FN2O3. The number of likely N-dealkylation sites (tertiary alicyclic amines) is 1. The minimum Gasteiger partial charge on any atom is -0.377 e. The number of halogens is 1. The van der Waals surface area contributed by atoms with E-state index in [1.807, 2.05) is 0 Å². The number of nitrogens with two attached hydrogens (primary N) is 1. The maximum atomic E-state index is 13.3. The Morgan fingerprint density at radius 1 is 1.25 bits per heavy atom. The number of hydrogen-bond acceptors (Lipinski definition) is 3. The van der Waals surface area contributed by atoms with Crippen LogP contribution < -0.4 is 5.73 Å². The molecule has 0 bridgehead atoms. The number of nitrogens with zero attached hydrogens (tertiary/aromatic N) is 1. The van der Waals surface area contributed by atoms with E-state index < -0.39 is 5.82 Å². The van der Waals surface area contributed by atoms with E-state index in [1.165, 1.54) is 12.1 Å². The van der Waals surface area contributed by atoms with Crippen molar-refractivity contribution in [3.8, 4) is 0 Å². The van der Waals surface area contributed by atoms with Crippen LogP contribution in [0.3, 0.4) is 0 Å². The Morgan fingerprint density at radius 2 is 2.00 bits per heavy atom. The molecule has 0 unspecified atom stereocenters. The first-order chi connectivity index (χ1) is 11.5. The number of primary amides is 1. The lowest BCUT2D eigenvalue weighted by Crippen LogP contribution is -2.40. The third kappa shape index (κ3) is 3.75. The van der Waals surface area contributed by atoms with Gasteiger partial charge < -0.3 is 15.4 Å². The van der Waals surface area contributed by atoms with E-state index in [4.69, 9.17) is 10.5 Å². The third-order valence-electron chi connectivity index (χ3n) is 5.11. The number of piperidine rings is 1. The highest BCUT2D eigenvalue weighted by atomic mass is 19.1. The van der Waals surface area contributed by atoms with Gasteiger partial charge in [-0.25, -0.2) is 4.39 Å².